The number of hydrogen-bond donors (Lipinski definition) is 1. The molecule has 13 nitrogen and oxygen atoms in total. The number of alkyl halides is 3. The number of carbonyl (C=O) groups excluding carboxylic acids is 2. The topological polar surface area (TPSA) is 151 Å². The zero-order valence-corrected chi connectivity index (χ0v) is 27.0. The molecule has 1 N–H and O–H groups in total. The highest BCUT2D eigenvalue weighted by molar-refractivity contribution is 6.30. The fraction of sp³-hybridized carbons (Fsp3) is 0.438. The number of pyridine rings is 1. The molecule has 8 rings (SSSR count). The summed E-state index contributed by atoms with van der Waals surface area (Å²) in [6, 6.07) is 6.51. The zero-order chi connectivity index (χ0) is 34.8. The first-order valence-corrected chi connectivity index (χ1v) is 15.9. The highest BCUT2D eigenvalue weighted by Crippen LogP contribution is 2.46. The van der Waals surface area contributed by atoms with Crippen LogP contribution in [0.4, 0.5) is 23.8 Å². The van der Waals surface area contributed by atoms with Crippen molar-refractivity contribution in [2.45, 2.75) is 43.5 Å². The van der Waals surface area contributed by atoms with Gasteiger partial charge in [0.2, 0.25) is 11.7 Å². The van der Waals surface area contributed by atoms with E-state index >= 15 is 13.2 Å². The van der Waals surface area contributed by atoms with Gasteiger partial charge < -0.3 is 33.7 Å². The van der Waals surface area contributed by atoms with Crippen LogP contribution in [0.5, 0.6) is 5.88 Å². The van der Waals surface area contributed by atoms with E-state index in [0.29, 0.717) is 10.3 Å². The van der Waals surface area contributed by atoms with Gasteiger partial charge in [0.05, 0.1) is 23.7 Å². The fourth-order valence-corrected chi connectivity index (χ4v) is 6.87. The number of ether oxygens (including phenoxy) is 2. The Morgan fingerprint density at radius 2 is 1.90 bits per heavy atom. The van der Waals surface area contributed by atoms with E-state index in [4.69, 9.17) is 25.5 Å². The number of hydrogen-bond acceptors (Lipinski definition) is 10. The van der Waals surface area contributed by atoms with Crippen molar-refractivity contribution < 1.29 is 46.6 Å². The number of rotatable bonds is 1. The molecule has 2 saturated heterocycles. The first kappa shape index (κ1) is 32.7. The lowest BCUT2D eigenvalue weighted by atomic mass is 9.79. The van der Waals surface area contributed by atoms with Crippen molar-refractivity contribution in [1.29, 1.82) is 0 Å². The Balaban J connectivity index is 1.38. The van der Waals surface area contributed by atoms with E-state index in [9.17, 15) is 19.5 Å². The summed E-state index contributed by atoms with van der Waals surface area (Å²) in [4.78, 5) is 54.3. The van der Waals surface area contributed by atoms with Crippen molar-refractivity contribution >= 4 is 57.5 Å². The van der Waals surface area contributed by atoms with E-state index in [1.54, 1.807) is 31.2 Å². The minimum atomic E-state index is -4.29. The van der Waals surface area contributed by atoms with Gasteiger partial charge in [-0.05, 0) is 18.2 Å². The minimum absolute atomic E-state index is 0.0315. The van der Waals surface area contributed by atoms with Crippen LogP contribution in [-0.4, -0.2) is 99.8 Å². The average molecular weight is 703 g/mol. The minimum Gasteiger partial charge on any atom is -0.480 e. The number of anilines is 1. The maximum atomic E-state index is 17.0. The van der Waals surface area contributed by atoms with Crippen LogP contribution in [0.15, 0.2) is 40.9 Å². The molecule has 7 heterocycles. The predicted octanol–water partition coefficient (Wildman–Crippen LogP) is 4.74. The summed E-state index contributed by atoms with van der Waals surface area (Å²) in [5.41, 5.74) is -1.88. The Labute approximate surface area is 281 Å². The summed E-state index contributed by atoms with van der Waals surface area (Å²) < 4.78 is 66.5. The van der Waals surface area contributed by atoms with Gasteiger partial charge in [-0.2, -0.15) is 8.78 Å². The lowest BCUT2D eigenvalue weighted by Crippen LogP contribution is -2.49. The Morgan fingerprint density at radius 1 is 1.12 bits per heavy atom. The molecule has 17 heteroatoms. The Morgan fingerprint density at radius 3 is 2.65 bits per heavy atom. The zero-order valence-electron chi connectivity index (χ0n) is 26.2. The molecule has 3 aromatic heterocycles. The molecule has 4 aliphatic heterocycles. The molecule has 6 bridgehead atoms. The molecule has 258 valence electrons. The average Bonchev–Trinajstić information content (AvgIpc) is 3.67. The molecule has 4 atom stereocenters. The number of aliphatic carboxylic acids is 1. The van der Waals surface area contributed by atoms with Gasteiger partial charge in [0, 0.05) is 50.5 Å². The number of aromatic nitrogens is 3. The summed E-state index contributed by atoms with van der Waals surface area (Å²) in [5, 5.41) is 10.8. The van der Waals surface area contributed by atoms with Crippen LogP contribution in [0.25, 0.3) is 22.1 Å². The molecular formula is C32H30ClF3N6O7. The van der Waals surface area contributed by atoms with Crippen LogP contribution in [0.3, 0.4) is 0 Å². The first-order valence-electron chi connectivity index (χ1n) is 15.5. The van der Waals surface area contributed by atoms with Crippen LogP contribution in [0, 0.1) is 5.92 Å². The quantitative estimate of drug-likeness (QED) is 0.293. The van der Waals surface area contributed by atoms with Gasteiger partial charge in [0.15, 0.2) is 11.4 Å². The summed E-state index contributed by atoms with van der Waals surface area (Å²) in [7, 11) is 1.11. The van der Waals surface area contributed by atoms with Gasteiger partial charge in [-0.3, -0.25) is 4.79 Å². The molecule has 0 spiro atoms. The number of likely N-dealkylation sites (N-methyl/N-ethyl adjacent to an activating group) is 1. The van der Waals surface area contributed by atoms with Crippen LogP contribution >= 0.6 is 11.6 Å². The second-order valence-electron chi connectivity index (χ2n) is 12.5. The lowest BCUT2D eigenvalue weighted by Gasteiger charge is -2.41. The van der Waals surface area contributed by atoms with Crippen molar-refractivity contribution in [3.8, 4) is 5.88 Å². The van der Waals surface area contributed by atoms with Crippen LogP contribution in [0.1, 0.15) is 31.2 Å². The molecule has 4 aliphatic rings. The van der Waals surface area contributed by atoms with Crippen molar-refractivity contribution in [3.63, 3.8) is 0 Å². The van der Waals surface area contributed by atoms with Crippen molar-refractivity contribution in [3.05, 3.63) is 52.9 Å². The maximum absolute atomic E-state index is 17.0. The second-order valence-corrected chi connectivity index (χ2v) is 12.9. The molecule has 0 aliphatic carbocycles. The largest absolute Gasteiger partial charge is 0.480 e. The second kappa shape index (κ2) is 11.9. The number of halogens is 4. The Hall–Kier alpha value is -4.86. The highest BCUT2D eigenvalue weighted by Gasteiger charge is 2.50. The van der Waals surface area contributed by atoms with E-state index in [2.05, 4.69) is 15.0 Å². The van der Waals surface area contributed by atoms with Gasteiger partial charge in [-0.15, -0.1) is 0 Å². The van der Waals surface area contributed by atoms with E-state index in [1.807, 2.05) is 0 Å². The van der Waals surface area contributed by atoms with E-state index in [0.717, 1.165) is 7.05 Å². The molecule has 0 unspecified atom stereocenters. The number of para-hydroxylation sites is 1. The first-order chi connectivity index (χ1) is 23.3. The molecule has 4 aromatic rings. The number of piperidine rings is 1. The smallest absolute Gasteiger partial charge is 0.409 e. The molecule has 49 heavy (non-hydrogen) atoms. The van der Waals surface area contributed by atoms with Crippen LogP contribution in [0.2, 0.25) is 5.02 Å². The Bertz CT molecular complexity index is 2000. The molecule has 2 fully saturated rings. The maximum Gasteiger partial charge on any atom is 0.409 e. The summed E-state index contributed by atoms with van der Waals surface area (Å²) >= 11 is 6.27. The normalized spacial score (nSPS) is 26.1. The number of nitrogens with zero attached hydrogens (tertiary/aromatic N) is 6. The highest BCUT2D eigenvalue weighted by atomic mass is 35.5. The molecule has 0 saturated carbocycles. The van der Waals surface area contributed by atoms with Crippen molar-refractivity contribution in [1.82, 2.24) is 24.8 Å². The van der Waals surface area contributed by atoms with Gasteiger partial charge in [0.25, 0.3) is 0 Å². The number of benzene rings is 1. The summed E-state index contributed by atoms with van der Waals surface area (Å²) in [6.45, 7) is 0.448. The van der Waals surface area contributed by atoms with Crippen LogP contribution < -0.4 is 9.64 Å². The number of carboxylic acid groups (broad SMARTS) is 1. The van der Waals surface area contributed by atoms with Gasteiger partial charge in [0.1, 0.15) is 35.5 Å². The van der Waals surface area contributed by atoms with E-state index in [1.165, 1.54) is 22.1 Å². The standard InChI is InChI=1S/C32H30ClF3N6O7/c1-16-14-41-8-7-31(16,34)20-11-17(33)13-37-26(20)48-18-12-21(27(43)44)42(15-18)25-24-23(19-5-3-4-6-22(19)49-24)38-28(39-25)32(35,36)29(45)40(2)9-10-47-30(41)46/h3-6,11,13,16,18,21H,7-10,12,14-15H2,1-2H3,(H,43,44)/t16-,18-,21-,31+/m0/s1. The van der Waals surface area contributed by atoms with E-state index in [-0.39, 0.29) is 71.4 Å². The number of carbonyl (C=O) groups is 3. The van der Waals surface area contributed by atoms with Crippen LogP contribution in [-0.2, 0) is 25.9 Å². The third-order valence-corrected chi connectivity index (χ3v) is 9.60. The number of fused-ring (bicyclic) bond motifs is 11. The molecule has 2 amide bonds. The van der Waals surface area contributed by atoms with E-state index < -0.39 is 66.6 Å². The predicted molar refractivity (Wildman–Crippen MR) is 167 cm³/mol. The molecule has 0 radical (unpaired) electrons. The molecular weight excluding hydrogens is 673 g/mol. The SMILES string of the molecule is C[C@H]1CN2CC[C@]1(F)c1cc(Cl)cnc1O[C@H]1C[C@@H](C(=O)O)N(C1)c1nc(nc3c1oc1ccccc13)C(F)(F)C(=O)N(C)CCOC2=O. The number of furan rings is 1. The third kappa shape index (κ3) is 5.51. The third-order valence-electron chi connectivity index (χ3n) is 9.39. The number of amides is 2. The lowest BCUT2D eigenvalue weighted by molar-refractivity contribution is -0.159. The summed E-state index contributed by atoms with van der Waals surface area (Å²) in [6.07, 6.45) is -0.820. The molecule has 1 aromatic carbocycles. The Kier molecular flexibility index (Phi) is 7.95. The number of carboxylic acids is 1. The fourth-order valence-electron chi connectivity index (χ4n) is 6.71. The van der Waals surface area contributed by atoms with Gasteiger partial charge in [-0.25, -0.2) is 28.9 Å². The monoisotopic (exact) mass is 702 g/mol. The summed E-state index contributed by atoms with van der Waals surface area (Å²) in [5.74, 6) is -9.67. The van der Waals surface area contributed by atoms with Crippen molar-refractivity contribution in [2.75, 3.05) is 44.7 Å². The van der Waals surface area contributed by atoms with Gasteiger partial charge >= 0.3 is 23.9 Å². The van der Waals surface area contributed by atoms with Gasteiger partial charge in [-0.1, -0.05) is 30.7 Å². The van der Waals surface area contributed by atoms with Crippen molar-refractivity contribution in [2.24, 2.45) is 5.92 Å².